The Hall–Kier alpha value is -1.22. The van der Waals surface area contributed by atoms with E-state index in [9.17, 15) is 0 Å². The predicted molar refractivity (Wildman–Crippen MR) is 76.5 cm³/mol. The number of methoxy groups -OCH3 is 1. The minimum atomic E-state index is 0.299. The highest BCUT2D eigenvalue weighted by atomic mass is 16.5. The van der Waals surface area contributed by atoms with Crippen LogP contribution in [-0.4, -0.2) is 33.3 Å². The van der Waals surface area contributed by atoms with E-state index in [0.29, 0.717) is 11.5 Å². The first-order valence-corrected chi connectivity index (χ1v) is 6.63. The molecule has 0 spiro atoms. The van der Waals surface area contributed by atoms with Crippen molar-refractivity contribution in [3.63, 3.8) is 0 Å². The number of nitrogens with one attached hydrogen (secondary N) is 1. The van der Waals surface area contributed by atoms with Gasteiger partial charge in [0.1, 0.15) is 5.75 Å². The van der Waals surface area contributed by atoms with Crippen LogP contribution < -0.4 is 15.0 Å². The molecule has 2 rings (SSSR count). The second-order valence-corrected chi connectivity index (χ2v) is 5.74. The van der Waals surface area contributed by atoms with E-state index in [4.69, 9.17) is 4.74 Å². The Balaban J connectivity index is 2.10. The Labute approximate surface area is 110 Å². The van der Waals surface area contributed by atoms with Crippen LogP contribution in [0.1, 0.15) is 20.3 Å². The Bertz CT molecular complexity index is 386. The molecule has 100 valence electrons. The normalized spacial score (nSPS) is 22.9. The minimum Gasteiger partial charge on any atom is -0.497 e. The van der Waals surface area contributed by atoms with Gasteiger partial charge in [-0.25, -0.2) is 0 Å². The van der Waals surface area contributed by atoms with Gasteiger partial charge in [-0.1, -0.05) is 13.8 Å². The highest BCUT2D eigenvalue weighted by Crippen LogP contribution is 2.32. The molecule has 1 heterocycles. The van der Waals surface area contributed by atoms with Crippen molar-refractivity contribution in [2.75, 3.05) is 32.1 Å². The van der Waals surface area contributed by atoms with Crippen LogP contribution in [0.4, 0.5) is 5.69 Å². The summed E-state index contributed by atoms with van der Waals surface area (Å²) in [4.78, 5) is 2.47. The van der Waals surface area contributed by atoms with Gasteiger partial charge < -0.3 is 15.0 Å². The lowest BCUT2D eigenvalue weighted by molar-refractivity contribution is 0.215. The van der Waals surface area contributed by atoms with Crippen LogP contribution in [0.15, 0.2) is 24.3 Å². The quantitative estimate of drug-likeness (QED) is 0.889. The van der Waals surface area contributed by atoms with Crippen molar-refractivity contribution in [3.05, 3.63) is 24.3 Å². The predicted octanol–water partition coefficient (Wildman–Crippen LogP) is 2.52. The van der Waals surface area contributed by atoms with Crippen molar-refractivity contribution in [3.8, 4) is 5.75 Å². The van der Waals surface area contributed by atoms with Gasteiger partial charge in [-0.3, -0.25) is 0 Å². The van der Waals surface area contributed by atoms with Gasteiger partial charge in [0.05, 0.1) is 7.11 Å². The molecular weight excluding hydrogens is 224 g/mol. The first-order valence-electron chi connectivity index (χ1n) is 6.63. The molecule has 0 radical (unpaired) electrons. The first kappa shape index (κ1) is 13.2. The number of rotatable bonds is 3. The number of hydrogen-bond acceptors (Lipinski definition) is 3. The molecule has 1 unspecified atom stereocenters. The van der Waals surface area contributed by atoms with Gasteiger partial charge in [-0.15, -0.1) is 0 Å². The fourth-order valence-electron chi connectivity index (χ4n) is 2.91. The van der Waals surface area contributed by atoms with Crippen LogP contribution in [-0.2, 0) is 0 Å². The molecule has 18 heavy (non-hydrogen) atoms. The number of benzene rings is 1. The average molecular weight is 248 g/mol. The standard InChI is InChI=1S/C15H24N2O/c1-15(2)11-17(10-9-14(15)16-3)12-5-7-13(18-4)8-6-12/h5-8,14,16H,9-11H2,1-4H3. The highest BCUT2D eigenvalue weighted by Gasteiger charge is 2.34. The van der Waals surface area contributed by atoms with Gasteiger partial charge in [-0.05, 0) is 43.1 Å². The Kier molecular flexibility index (Phi) is 3.81. The third-order valence-corrected chi connectivity index (χ3v) is 4.02. The maximum Gasteiger partial charge on any atom is 0.119 e. The fourth-order valence-corrected chi connectivity index (χ4v) is 2.91. The smallest absolute Gasteiger partial charge is 0.119 e. The molecular formula is C15H24N2O. The summed E-state index contributed by atoms with van der Waals surface area (Å²) in [6.45, 7) is 6.87. The second-order valence-electron chi connectivity index (χ2n) is 5.74. The van der Waals surface area contributed by atoms with E-state index in [2.05, 4.69) is 43.2 Å². The molecule has 1 aliphatic heterocycles. The summed E-state index contributed by atoms with van der Waals surface area (Å²) < 4.78 is 5.20. The second kappa shape index (κ2) is 5.19. The molecule has 1 saturated heterocycles. The van der Waals surface area contributed by atoms with Crippen LogP contribution in [0.25, 0.3) is 0 Å². The third kappa shape index (κ3) is 2.61. The molecule has 0 bridgehead atoms. The van der Waals surface area contributed by atoms with Crippen LogP contribution >= 0.6 is 0 Å². The molecule has 1 aromatic rings. The Morgan fingerprint density at radius 2 is 1.94 bits per heavy atom. The number of ether oxygens (including phenoxy) is 1. The average Bonchev–Trinajstić information content (AvgIpc) is 2.37. The Morgan fingerprint density at radius 3 is 2.44 bits per heavy atom. The van der Waals surface area contributed by atoms with E-state index in [1.54, 1.807) is 7.11 Å². The molecule has 1 atom stereocenters. The molecule has 0 saturated carbocycles. The van der Waals surface area contributed by atoms with Crippen molar-refractivity contribution in [2.45, 2.75) is 26.3 Å². The van der Waals surface area contributed by atoms with Crippen molar-refractivity contribution >= 4 is 5.69 Å². The highest BCUT2D eigenvalue weighted by molar-refractivity contribution is 5.49. The van der Waals surface area contributed by atoms with Crippen molar-refractivity contribution in [1.82, 2.24) is 5.32 Å². The summed E-state index contributed by atoms with van der Waals surface area (Å²) in [7, 11) is 3.77. The zero-order valence-electron chi connectivity index (χ0n) is 11.9. The van der Waals surface area contributed by atoms with Crippen molar-refractivity contribution < 1.29 is 4.74 Å². The molecule has 1 fully saturated rings. The summed E-state index contributed by atoms with van der Waals surface area (Å²) in [5.41, 5.74) is 1.59. The summed E-state index contributed by atoms with van der Waals surface area (Å²) >= 11 is 0. The lowest BCUT2D eigenvalue weighted by Gasteiger charge is -2.45. The lowest BCUT2D eigenvalue weighted by Crippen LogP contribution is -2.53. The van der Waals surface area contributed by atoms with E-state index >= 15 is 0 Å². The van der Waals surface area contributed by atoms with Gasteiger partial charge in [0.15, 0.2) is 0 Å². The molecule has 0 amide bonds. The van der Waals surface area contributed by atoms with Gasteiger partial charge in [-0.2, -0.15) is 0 Å². The molecule has 0 aromatic heterocycles. The van der Waals surface area contributed by atoms with Crippen molar-refractivity contribution in [1.29, 1.82) is 0 Å². The molecule has 3 heteroatoms. The first-order chi connectivity index (χ1) is 8.56. The van der Waals surface area contributed by atoms with Gasteiger partial charge in [0.25, 0.3) is 0 Å². The zero-order chi connectivity index (χ0) is 13.2. The topological polar surface area (TPSA) is 24.5 Å². The van der Waals surface area contributed by atoms with E-state index in [-0.39, 0.29) is 0 Å². The fraction of sp³-hybridized carbons (Fsp3) is 0.600. The van der Waals surface area contributed by atoms with Gasteiger partial charge in [0.2, 0.25) is 0 Å². The monoisotopic (exact) mass is 248 g/mol. The van der Waals surface area contributed by atoms with E-state index in [1.807, 2.05) is 12.1 Å². The largest absolute Gasteiger partial charge is 0.497 e. The van der Waals surface area contributed by atoms with E-state index in [1.165, 1.54) is 12.1 Å². The Morgan fingerprint density at radius 1 is 1.28 bits per heavy atom. The summed E-state index contributed by atoms with van der Waals surface area (Å²) in [5.74, 6) is 0.920. The SMILES string of the molecule is CNC1CCN(c2ccc(OC)cc2)CC1(C)C. The van der Waals surface area contributed by atoms with E-state index in [0.717, 1.165) is 18.8 Å². The van der Waals surface area contributed by atoms with Crippen LogP contribution in [0.5, 0.6) is 5.75 Å². The van der Waals surface area contributed by atoms with Crippen LogP contribution in [0, 0.1) is 5.41 Å². The maximum atomic E-state index is 5.20. The summed E-state index contributed by atoms with van der Waals surface area (Å²) in [5, 5.41) is 3.44. The summed E-state index contributed by atoms with van der Waals surface area (Å²) in [6, 6.07) is 8.97. The number of piperidine rings is 1. The molecule has 0 aliphatic carbocycles. The van der Waals surface area contributed by atoms with Gasteiger partial charge in [0, 0.05) is 24.8 Å². The number of nitrogens with zero attached hydrogens (tertiary/aromatic N) is 1. The maximum absolute atomic E-state index is 5.20. The van der Waals surface area contributed by atoms with Crippen LogP contribution in [0.3, 0.4) is 0 Å². The van der Waals surface area contributed by atoms with Crippen molar-refractivity contribution in [2.24, 2.45) is 5.41 Å². The molecule has 1 N–H and O–H groups in total. The van der Waals surface area contributed by atoms with E-state index < -0.39 is 0 Å². The molecule has 3 nitrogen and oxygen atoms in total. The molecule has 1 aliphatic rings. The van der Waals surface area contributed by atoms with Gasteiger partial charge >= 0.3 is 0 Å². The number of anilines is 1. The number of hydrogen-bond donors (Lipinski definition) is 1. The summed E-state index contributed by atoms with van der Waals surface area (Å²) in [6.07, 6.45) is 1.19. The molecule has 1 aromatic carbocycles. The van der Waals surface area contributed by atoms with Crippen LogP contribution in [0.2, 0.25) is 0 Å². The minimum absolute atomic E-state index is 0.299. The zero-order valence-corrected chi connectivity index (χ0v) is 11.9. The lowest BCUT2D eigenvalue weighted by atomic mass is 9.79. The third-order valence-electron chi connectivity index (χ3n) is 4.02.